The number of nitriles is 1. The van der Waals surface area contributed by atoms with Crippen LogP contribution in [0.1, 0.15) is 18.1 Å². The molecule has 0 spiro atoms. The maximum Gasteiger partial charge on any atom is 0.266 e. The molecule has 0 saturated carbocycles. The number of carbonyl (C=O) groups excluding carboxylic acids is 1. The number of rotatable bonds is 10. The van der Waals surface area contributed by atoms with Crippen LogP contribution in [-0.2, 0) is 11.4 Å². The molecule has 35 heavy (non-hydrogen) atoms. The van der Waals surface area contributed by atoms with E-state index in [0.29, 0.717) is 45.9 Å². The molecule has 1 N–H and O–H groups in total. The maximum absolute atomic E-state index is 12.6. The van der Waals surface area contributed by atoms with Gasteiger partial charge in [0.1, 0.15) is 29.7 Å². The molecule has 8 heteroatoms. The molecule has 0 radical (unpaired) electrons. The lowest BCUT2D eigenvalue weighted by atomic mass is 10.1. The highest BCUT2D eigenvalue weighted by molar-refractivity contribution is 6.31. The van der Waals surface area contributed by atoms with Crippen LogP contribution in [0.4, 0.5) is 5.69 Å². The van der Waals surface area contributed by atoms with E-state index in [4.69, 9.17) is 30.5 Å². The van der Waals surface area contributed by atoms with E-state index >= 15 is 0 Å². The third kappa shape index (κ3) is 6.92. The molecule has 3 aromatic carbocycles. The van der Waals surface area contributed by atoms with Crippen LogP contribution >= 0.6 is 11.6 Å². The van der Waals surface area contributed by atoms with Crippen molar-refractivity contribution in [2.24, 2.45) is 0 Å². The Morgan fingerprint density at radius 2 is 1.80 bits per heavy atom. The van der Waals surface area contributed by atoms with E-state index in [1.165, 1.54) is 6.08 Å². The molecule has 7 nitrogen and oxygen atoms in total. The molecule has 1 amide bonds. The average molecular weight is 493 g/mol. The van der Waals surface area contributed by atoms with Gasteiger partial charge in [-0.1, -0.05) is 23.7 Å². The van der Waals surface area contributed by atoms with Crippen molar-refractivity contribution < 1.29 is 23.7 Å². The summed E-state index contributed by atoms with van der Waals surface area (Å²) < 4.78 is 22.4. The molecule has 0 unspecified atom stereocenters. The van der Waals surface area contributed by atoms with Crippen LogP contribution in [0.3, 0.4) is 0 Å². The molecular formula is C27H25ClN2O5. The Morgan fingerprint density at radius 1 is 1.00 bits per heavy atom. The number of hydrogen-bond donors (Lipinski definition) is 1. The van der Waals surface area contributed by atoms with Gasteiger partial charge in [-0.2, -0.15) is 5.26 Å². The number of methoxy groups -OCH3 is 2. The van der Waals surface area contributed by atoms with Gasteiger partial charge in [0, 0.05) is 16.3 Å². The molecule has 3 rings (SSSR count). The first kappa shape index (κ1) is 25.5. The Morgan fingerprint density at radius 3 is 2.49 bits per heavy atom. The summed E-state index contributed by atoms with van der Waals surface area (Å²) in [5.74, 6) is 1.81. The van der Waals surface area contributed by atoms with Crippen molar-refractivity contribution in [1.29, 1.82) is 5.26 Å². The van der Waals surface area contributed by atoms with E-state index in [1.807, 2.05) is 31.2 Å². The normalized spacial score (nSPS) is 10.8. The van der Waals surface area contributed by atoms with Crippen molar-refractivity contribution >= 4 is 29.3 Å². The van der Waals surface area contributed by atoms with Gasteiger partial charge in [0.25, 0.3) is 5.91 Å². The quantitative estimate of drug-likeness (QED) is 0.281. The predicted octanol–water partition coefficient (Wildman–Crippen LogP) is 5.88. The Kier molecular flexibility index (Phi) is 8.99. The summed E-state index contributed by atoms with van der Waals surface area (Å²) in [5.41, 5.74) is 1.85. The highest BCUT2D eigenvalue weighted by atomic mass is 35.5. The van der Waals surface area contributed by atoms with Crippen LogP contribution in [0, 0.1) is 11.3 Å². The van der Waals surface area contributed by atoms with Gasteiger partial charge in [0.05, 0.1) is 20.8 Å². The van der Waals surface area contributed by atoms with Crippen molar-refractivity contribution in [3.8, 4) is 29.1 Å². The second kappa shape index (κ2) is 12.4. The van der Waals surface area contributed by atoms with Crippen LogP contribution in [0.15, 0.2) is 66.2 Å². The van der Waals surface area contributed by atoms with Crippen LogP contribution in [0.2, 0.25) is 5.02 Å². The number of ether oxygens (including phenoxy) is 4. The van der Waals surface area contributed by atoms with Crippen LogP contribution < -0.4 is 24.3 Å². The summed E-state index contributed by atoms with van der Waals surface area (Å²) in [5, 5.41) is 12.7. The molecule has 0 aliphatic heterocycles. The molecule has 0 fully saturated rings. The number of benzene rings is 3. The Balaban J connectivity index is 1.81. The zero-order valence-corrected chi connectivity index (χ0v) is 20.4. The number of nitrogens with one attached hydrogen (secondary N) is 1. The van der Waals surface area contributed by atoms with Gasteiger partial charge in [-0.25, -0.2) is 0 Å². The van der Waals surface area contributed by atoms with Gasteiger partial charge >= 0.3 is 0 Å². The molecule has 0 aliphatic carbocycles. The summed E-state index contributed by atoms with van der Waals surface area (Å²) in [6, 6.07) is 19.3. The Bertz CT molecular complexity index is 1270. The molecule has 0 saturated heterocycles. The second-order valence-electron chi connectivity index (χ2n) is 7.24. The third-order valence-corrected chi connectivity index (χ3v) is 5.13. The van der Waals surface area contributed by atoms with Crippen molar-refractivity contribution in [3.05, 3.63) is 82.4 Å². The summed E-state index contributed by atoms with van der Waals surface area (Å²) in [6.45, 7) is 2.49. The number of hydrogen-bond acceptors (Lipinski definition) is 6. The van der Waals surface area contributed by atoms with Gasteiger partial charge in [-0.15, -0.1) is 0 Å². The first-order chi connectivity index (χ1) is 17.0. The van der Waals surface area contributed by atoms with E-state index in [2.05, 4.69) is 5.32 Å². The van der Waals surface area contributed by atoms with E-state index in [0.717, 1.165) is 5.56 Å². The number of amides is 1. The van der Waals surface area contributed by atoms with E-state index in [9.17, 15) is 10.1 Å². The highest BCUT2D eigenvalue weighted by Crippen LogP contribution is 2.32. The lowest BCUT2D eigenvalue weighted by molar-refractivity contribution is -0.112. The van der Waals surface area contributed by atoms with Gasteiger partial charge < -0.3 is 24.3 Å². The smallest absolute Gasteiger partial charge is 0.266 e. The summed E-state index contributed by atoms with van der Waals surface area (Å²) in [7, 11) is 3.18. The number of carbonyl (C=O) groups is 1. The minimum Gasteiger partial charge on any atom is -0.497 e. The summed E-state index contributed by atoms with van der Waals surface area (Å²) in [6.07, 6.45) is 1.48. The standard InChI is InChI=1S/C27H25ClN2O5/c1-4-34-26-13-18(12-19(16-29)27(31)30-22-7-5-6-21(28)15-22)8-10-25(26)35-17-20-14-23(32-2)9-11-24(20)33-3/h5-15H,4,17H2,1-3H3,(H,30,31)/b19-12+. The molecule has 3 aromatic rings. The van der Waals surface area contributed by atoms with Gasteiger partial charge in [-0.05, 0) is 67.1 Å². The van der Waals surface area contributed by atoms with Crippen LogP contribution in [0.5, 0.6) is 23.0 Å². The van der Waals surface area contributed by atoms with Gasteiger partial charge in [0.15, 0.2) is 11.5 Å². The zero-order chi connectivity index (χ0) is 25.2. The van der Waals surface area contributed by atoms with Gasteiger partial charge in [-0.3, -0.25) is 4.79 Å². The maximum atomic E-state index is 12.6. The number of halogens is 1. The van der Waals surface area contributed by atoms with Crippen LogP contribution in [0.25, 0.3) is 6.08 Å². The van der Waals surface area contributed by atoms with Crippen molar-refractivity contribution in [2.75, 3.05) is 26.1 Å². The second-order valence-corrected chi connectivity index (χ2v) is 7.68. The molecular weight excluding hydrogens is 468 g/mol. The van der Waals surface area contributed by atoms with Crippen molar-refractivity contribution in [2.45, 2.75) is 13.5 Å². The molecule has 0 heterocycles. The zero-order valence-electron chi connectivity index (χ0n) is 19.6. The predicted molar refractivity (Wildman–Crippen MR) is 135 cm³/mol. The minimum atomic E-state index is -0.543. The first-order valence-corrected chi connectivity index (χ1v) is 11.1. The number of anilines is 1. The molecule has 180 valence electrons. The monoisotopic (exact) mass is 492 g/mol. The van der Waals surface area contributed by atoms with E-state index in [-0.39, 0.29) is 12.2 Å². The number of nitrogens with zero attached hydrogens (tertiary/aromatic N) is 1. The third-order valence-electron chi connectivity index (χ3n) is 4.90. The van der Waals surface area contributed by atoms with Gasteiger partial charge in [0.2, 0.25) is 0 Å². The van der Waals surface area contributed by atoms with E-state index < -0.39 is 5.91 Å². The molecule has 0 aliphatic rings. The lowest BCUT2D eigenvalue weighted by Crippen LogP contribution is -2.13. The van der Waals surface area contributed by atoms with Crippen LogP contribution in [-0.4, -0.2) is 26.7 Å². The topological polar surface area (TPSA) is 89.8 Å². The Labute approximate surface area is 209 Å². The Hall–Kier alpha value is -4.15. The summed E-state index contributed by atoms with van der Waals surface area (Å²) >= 11 is 5.96. The minimum absolute atomic E-state index is 0.0674. The fourth-order valence-corrected chi connectivity index (χ4v) is 3.42. The van der Waals surface area contributed by atoms with E-state index in [1.54, 1.807) is 56.7 Å². The largest absolute Gasteiger partial charge is 0.497 e. The molecule has 0 atom stereocenters. The molecule has 0 aromatic heterocycles. The van der Waals surface area contributed by atoms with Crippen molar-refractivity contribution in [3.63, 3.8) is 0 Å². The van der Waals surface area contributed by atoms with Crippen molar-refractivity contribution in [1.82, 2.24) is 0 Å². The highest BCUT2D eigenvalue weighted by Gasteiger charge is 2.13. The SMILES string of the molecule is CCOc1cc(/C=C(\C#N)C(=O)Nc2cccc(Cl)c2)ccc1OCc1cc(OC)ccc1OC. The fourth-order valence-electron chi connectivity index (χ4n) is 3.23. The summed E-state index contributed by atoms with van der Waals surface area (Å²) in [4.78, 5) is 12.6. The first-order valence-electron chi connectivity index (χ1n) is 10.8. The lowest BCUT2D eigenvalue weighted by Gasteiger charge is -2.15. The fraction of sp³-hybridized carbons (Fsp3) is 0.185. The molecule has 0 bridgehead atoms. The average Bonchev–Trinajstić information content (AvgIpc) is 2.86.